The van der Waals surface area contributed by atoms with E-state index in [2.05, 4.69) is 9.97 Å². The van der Waals surface area contributed by atoms with Crippen LogP contribution >= 0.6 is 0 Å². The average molecular weight is 125 g/mol. The third kappa shape index (κ3) is 1.28. The number of nitrogen functional groups attached to an aromatic ring is 1. The molecule has 1 aromatic heterocycles. The maximum atomic E-state index is 9.89. The van der Waals surface area contributed by atoms with Gasteiger partial charge >= 0.3 is 0 Å². The van der Waals surface area contributed by atoms with Crippen LogP contribution in [0.1, 0.15) is 5.69 Å². The molecule has 0 aliphatic carbocycles. The molecular weight excluding hydrogens is 118 g/mol. The average Bonchev–Trinajstić information content (AvgIpc) is 2.17. The minimum absolute atomic E-state index is 0.351. The lowest BCUT2D eigenvalue weighted by Crippen LogP contribution is -1.88. The van der Waals surface area contributed by atoms with E-state index in [-0.39, 0.29) is 0 Å². The molecule has 48 valence electrons. The molecule has 0 aliphatic rings. The van der Waals surface area contributed by atoms with Gasteiger partial charge in [-0.3, -0.25) is 0 Å². The van der Waals surface area contributed by atoms with Crippen LogP contribution in [0, 0.1) is 0 Å². The van der Waals surface area contributed by atoms with Crippen molar-refractivity contribution in [2.75, 3.05) is 5.73 Å². The van der Waals surface area contributed by atoms with Crippen molar-refractivity contribution in [2.45, 2.75) is 6.42 Å². The fraction of sp³-hybridized carbons (Fsp3) is 0.200. The van der Waals surface area contributed by atoms with Crippen molar-refractivity contribution in [1.29, 1.82) is 0 Å². The number of nitrogens with two attached hydrogens (primary N) is 1. The van der Waals surface area contributed by atoms with Gasteiger partial charge in [0.1, 0.15) is 6.29 Å². The molecule has 0 bridgehead atoms. The summed E-state index contributed by atoms with van der Waals surface area (Å²) in [5.74, 6) is 0.354. The second kappa shape index (κ2) is 2.30. The van der Waals surface area contributed by atoms with Gasteiger partial charge in [-0.1, -0.05) is 0 Å². The lowest BCUT2D eigenvalue weighted by molar-refractivity contribution is -0.107. The number of carbonyl (C=O) groups is 1. The number of hydrogen-bond donors (Lipinski definition) is 2. The van der Waals surface area contributed by atoms with E-state index in [9.17, 15) is 4.79 Å². The largest absolute Gasteiger partial charge is 0.369 e. The van der Waals surface area contributed by atoms with E-state index in [4.69, 9.17) is 5.73 Å². The Morgan fingerprint density at radius 3 is 3.11 bits per heavy atom. The van der Waals surface area contributed by atoms with Crippen LogP contribution in [0.3, 0.4) is 0 Å². The normalized spacial score (nSPS) is 9.33. The standard InChI is InChI=1S/C5H7N3O/c6-5-7-3-4(8-5)1-2-9/h2-3H,1H2,(H3,6,7,8). The summed E-state index contributed by atoms with van der Waals surface area (Å²) in [7, 11) is 0. The quantitative estimate of drug-likeness (QED) is 0.534. The van der Waals surface area contributed by atoms with Crippen molar-refractivity contribution in [1.82, 2.24) is 9.97 Å². The van der Waals surface area contributed by atoms with Gasteiger partial charge in [0.25, 0.3) is 0 Å². The highest BCUT2D eigenvalue weighted by atomic mass is 16.1. The Labute approximate surface area is 52.1 Å². The van der Waals surface area contributed by atoms with Crippen molar-refractivity contribution in [3.05, 3.63) is 11.9 Å². The highest BCUT2D eigenvalue weighted by Gasteiger charge is 1.92. The van der Waals surface area contributed by atoms with Gasteiger partial charge < -0.3 is 15.5 Å². The van der Waals surface area contributed by atoms with Crippen molar-refractivity contribution >= 4 is 12.2 Å². The van der Waals surface area contributed by atoms with E-state index < -0.39 is 0 Å². The highest BCUT2D eigenvalue weighted by Crippen LogP contribution is 1.95. The smallest absolute Gasteiger partial charge is 0.197 e. The number of carbonyl (C=O) groups excluding carboxylic acids is 1. The molecule has 1 aromatic rings. The summed E-state index contributed by atoms with van der Waals surface area (Å²) in [6, 6.07) is 0. The number of aromatic nitrogens is 2. The van der Waals surface area contributed by atoms with Crippen molar-refractivity contribution in [2.24, 2.45) is 0 Å². The van der Waals surface area contributed by atoms with Gasteiger partial charge in [0.05, 0.1) is 6.20 Å². The summed E-state index contributed by atoms with van der Waals surface area (Å²) in [5, 5.41) is 0. The maximum absolute atomic E-state index is 9.89. The SMILES string of the molecule is Nc1ncc(CC=O)[nH]1. The maximum Gasteiger partial charge on any atom is 0.197 e. The van der Waals surface area contributed by atoms with Crippen LogP contribution in [0.25, 0.3) is 0 Å². The number of anilines is 1. The minimum Gasteiger partial charge on any atom is -0.369 e. The van der Waals surface area contributed by atoms with Crippen LogP contribution in [-0.2, 0) is 11.2 Å². The molecule has 0 spiro atoms. The Morgan fingerprint density at radius 1 is 1.89 bits per heavy atom. The molecule has 1 heterocycles. The van der Waals surface area contributed by atoms with Gasteiger partial charge in [0.15, 0.2) is 5.95 Å². The highest BCUT2D eigenvalue weighted by molar-refractivity contribution is 5.53. The minimum atomic E-state index is 0.351. The molecule has 1 rings (SSSR count). The number of imidazole rings is 1. The molecule has 0 saturated heterocycles. The zero-order valence-corrected chi connectivity index (χ0v) is 4.79. The van der Waals surface area contributed by atoms with Gasteiger partial charge in [0.2, 0.25) is 0 Å². The van der Waals surface area contributed by atoms with E-state index in [0.717, 1.165) is 12.0 Å². The number of nitrogens with one attached hydrogen (secondary N) is 1. The van der Waals surface area contributed by atoms with E-state index in [1.165, 1.54) is 0 Å². The van der Waals surface area contributed by atoms with Crippen LogP contribution in [0.15, 0.2) is 6.20 Å². The third-order valence-electron chi connectivity index (χ3n) is 0.951. The molecule has 0 atom stereocenters. The van der Waals surface area contributed by atoms with Crippen molar-refractivity contribution in [3.8, 4) is 0 Å². The second-order valence-electron chi connectivity index (χ2n) is 1.66. The molecule has 0 fully saturated rings. The molecule has 3 N–H and O–H groups in total. The van der Waals surface area contributed by atoms with Crippen LogP contribution in [0.5, 0.6) is 0 Å². The van der Waals surface area contributed by atoms with E-state index in [1.807, 2.05) is 0 Å². The molecule has 0 unspecified atom stereocenters. The zero-order valence-electron chi connectivity index (χ0n) is 4.79. The van der Waals surface area contributed by atoms with Crippen LogP contribution in [-0.4, -0.2) is 16.3 Å². The summed E-state index contributed by atoms with van der Waals surface area (Å²) in [6.45, 7) is 0. The Hall–Kier alpha value is -1.32. The molecule has 4 heteroatoms. The first-order valence-electron chi connectivity index (χ1n) is 2.56. The summed E-state index contributed by atoms with van der Waals surface area (Å²) in [5.41, 5.74) is 5.98. The summed E-state index contributed by atoms with van der Waals surface area (Å²) < 4.78 is 0. The van der Waals surface area contributed by atoms with E-state index in [0.29, 0.717) is 12.4 Å². The number of aldehydes is 1. The van der Waals surface area contributed by atoms with Crippen molar-refractivity contribution in [3.63, 3.8) is 0 Å². The first-order chi connectivity index (χ1) is 4.33. The van der Waals surface area contributed by atoms with E-state index in [1.54, 1.807) is 6.20 Å². The number of hydrogen-bond acceptors (Lipinski definition) is 3. The number of rotatable bonds is 2. The first-order valence-corrected chi connectivity index (χ1v) is 2.56. The topological polar surface area (TPSA) is 71.8 Å². The summed E-state index contributed by atoms with van der Waals surface area (Å²) in [4.78, 5) is 16.3. The molecule has 4 nitrogen and oxygen atoms in total. The predicted molar refractivity (Wildman–Crippen MR) is 32.8 cm³/mol. The Balaban J connectivity index is 2.72. The molecule has 0 radical (unpaired) electrons. The lowest BCUT2D eigenvalue weighted by Gasteiger charge is -1.81. The van der Waals surface area contributed by atoms with Gasteiger partial charge in [-0.15, -0.1) is 0 Å². The summed E-state index contributed by atoms with van der Waals surface area (Å²) >= 11 is 0. The fourth-order valence-electron chi connectivity index (χ4n) is 0.570. The molecule has 0 aromatic carbocycles. The van der Waals surface area contributed by atoms with Crippen molar-refractivity contribution < 1.29 is 4.79 Å². The Kier molecular flexibility index (Phi) is 1.48. The van der Waals surface area contributed by atoms with Crippen LogP contribution in [0.4, 0.5) is 5.95 Å². The first kappa shape index (κ1) is 5.81. The summed E-state index contributed by atoms with van der Waals surface area (Å²) in [6.07, 6.45) is 2.70. The molecule has 0 aliphatic heterocycles. The zero-order chi connectivity index (χ0) is 6.69. The van der Waals surface area contributed by atoms with Gasteiger partial charge in [-0.25, -0.2) is 4.98 Å². The van der Waals surface area contributed by atoms with Gasteiger partial charge in [-0.05, 0) is 0 Å². The molecule has 9 heavy (non-hydrogen) atoms. The van der Waals surface area contributed by atoms with Gasteiger partial charge in [0, 0.05) is 12.1 Å². The Bertz CT molecular complexity index is 206. The third-order valence-corrected chi connectivity index (χ3v) is 0.951. The number of H-pyrrole nitrogens is 1. The molecule has 0 saturated carbocycles. The second-order valence-corrected chi connectivity index (χ2v) is 1.66. The monoisotopic (exact) mass is 125 g/mol. The van der Waals surface area contributed by atoms with E-state index >= 15 is 0 Å². The number of nitrogens with zero attached hydrogens (tertiary/aromatic N) is 1. The van der Waals surface area contributed by atoms with Crippen LogP contribution < -0.4 is 5.73 Å². The van der Waals surface area contributed by atoms with Gasteiger partial charge in [-0.2, -0.15) is 0 Å². The van der Waals surface area contributed by atoms with Crippen LogP contribution in [0.2, 0.25) is 0 Å². The fourth-order valence-corrected chi connectivity index (χ4v) is 0.570. The number of aromatic amines is 1. The lowest BCUT2D eigenvalue weighted by atomic mass is 10.4. The predicted octanol–water partition coefficient (Wildman–Crippen LogP) is -0.267. The Morgan fingerprint density at radius 2 is 2.67 bits per heavy atom. The molecular formula is C5H7N3O. The molecule has 0 amide bonds.